The number of hydrogen-bond acceptors (Lipinski definition) is 5. The zero-order valence-corrected chi connectivity index (χ0v) is 18.7. The van der Waals surface area contributed by atoms with Gasteiger partial charge in [0, 0.05) is 22.6 Å². The van der Waals surface area contributed by atoms with Crippen molar-refractivity contribution in [3.8, 4) is 5.75 Å². The lowest BCUT2D eigenvalue weighted by molar-refractivity contribution is 0.00578. The van der Waals surface area contributed by atoms with Crippen molar-refractivity contribution < 1.29 is 22.5 Å². The number of para-hydroxylation sites is 1. The van der Waals surface area contributed by atoms with Crippen LogP contribution in [-0.4, -0.2) is 33.8 Å². The number of rotatable bonds is 6. The molecule has 0 amide bonds. The third-order valence-electron chi connectivity index (χ3n) is 5.43. The molecule has 1 aliphatic heterocycles. The molecular formula is C20H25BClNO5S. The third kappa shape index (κ3) is 4.46. The molecule has 1 aliphatic rings. The lowest BCUT2D eigenvalue weighted by atomic mass is 9.79. The molecule has 3 rings (SSSR count). The number of sulfonamides is 1. The van der Waals surface area contributed by atoms with E-state index in [1.54, 1.807) is 25.3 Å². The molecule has 0 aromatic heterocycles. The standard InChI is InChI=1S/C20H25BClNO5S/c1-19(2)20(3,4)28-21(27-19)16-12-15(10-11-17(16)22)29(24,25)23-13-14-8-6-7-9-18(14)26-5/h6-12,23H,13H2,1-5H3. The van der Waals surface area contributed by atoms with E-state index in [0.717, 1.165) is 5.56 Å². The molecule has 2 aromatic rings. The predicted molar refractivity (Wildman–Crippen MR) is 114 cm³/mol. The second-order valence-corrected chi connectivity index (χ2v) is 10.1. The van der Waals surface area contributed by atoms with E-state index >= 15 is 0 Å². The SMILES string of the molecule is COc1ccccc1CNS(=O)(=O)c1ccc(Cl)c(B2OC(C)(C)C(C)(C)O2)c1. The molecule has 0 aliphatic carbocycles. The maximum atomic E-state index is 12.9. The normalized spacial score (nSPS) is 18.1. The van der Waals surface area contributed by atoms with Crippen LogP contribution in [0, 0.1) is 0 Å². The summed E-state index contributed by atoms with van der Waals surface area (Å²) in [4.78, 5) is 0.0847. The molecule has 0 spiro atoms. The molecule has 1 N–H and O–H groups in total. The lowest BCUT2D eigenvalue weighted by Crippen LogP contribution is -2.41. The van der Waals surface area contributed by atoms with E-state index in [9.17, 15) is 8.42 Å². The van der Waals surface area contributed by atoms with Gasteiger partial charge in [0.05, 0.1) is 23.2 Å². The molecule has 1 saturated heterocycles. The van der Waals surface area contributed by atoms with Crippen molar-refractivity contribution >= 4 is 34.2 Å². The van der Waals surface area contributed by atoms with Gasteiger partial charge >= 0.3 is 7.12 Å². The number of nitrogens with one attached hydrogen (secondary N) is 1. The number of methoxy groups -OCH3 is 1. The molecule has 6 nitrogen and oxygen atoms in total. The summed E-state index contributed by atoms with van der Waals surface area (Å²) in [5.74, 6) is 0.615. The molecule has 0 bridgehead atoms. The Kier molecular flexibility index (Phi) is 6.04. The Bertz CT molecular complexity index is 994. The van der Waals surface area contributed by atoms with Crippen molar-refractivity contribution in [1.29, 1.82) is 0 Å². The summed E-state index contributed by atoms with van der Waals surface area (Å²) < 4.78 is 45.6. The van der Waals surface area contributed by atoms with Gasteiger partial charge in [0.2, 0.25) is 10.0 Å². The van der Waals surface area contributed by atoms with E-state index < -0.39 is 28.3 Å². The highest BCUT2D eigenvalue weighted by atomic mass is 35.5. The Morgan fingerprint density at radius 1 is 1.07 bits per heavy atom. The fraction of sp³-hybridized carbons (Fsp3) is 0.400. The van der Waals surface area contributed by atoms with Gasteiger partial charge in [-0.25, -0.2) is 13.1 Å². The quantitative estimate of drug-likeness (QED) is 0.703. The summed E-state index contributed by atoms with van der Waals surface area (Å²) in [6.07, 6.45) is 0. The van der Waals surface area contributed by atoms with E-state index in [1.807, 2.05) is 39.8 Å². The third-order valence-corrected chi connectivity index (χ3v) is 7.17. The van der Waals surface area contributed by atoms with Gasteiger partial charge in [-0.05, 0) is 52.0 Å². The molecule has 0 unspecified atom stereocenters. The van der Waals surface area contributed by atoms with Crippen molar-refractivity contribution in [3.63, 3.8) is 0 Å². The number of benzene rings is 2. The maximum Gasteiger partial charge on any atom is 0.496 e. The fourth-order valence-electron chi connectivity index (χ4n) is 2.94. The van der Waals surface area contributed by atoms with Crippen molar-refractivity contribution in [3.05, 3.63) is 53.1 Å². The Balaban J connectivity index is 1.85. The van der Waals surface area contributed by atoms with Crippen LogP contribution in [0.3, 0.4) is 0 Å². The van der Waals surface area contributed by atoms with Crippen LogP contribution in [0.1, 0.15) is 33.3 Å². The molecular weight excluding hydrogens is 413 g/mol. The monoisotopic (exact) mass is 437 g/mol. The number of hydrogen-bond donors (Lipinski definition) is 1. The molecule has 9 heteroatoms. The maximum absolute atomic E-state index is 12.9. The summed E-state index contributed by atoms with van der Waals surface area (Å²) in [5, 5.41) is 0.382. The van der Waals surface area contributed by atoms with Gasteiger partial charge in [-0.3, -0.25) is 0 Å². The van der Waals surface area contributed by atoms with Gasteiger partial charge in [0.25, 0.3) is 0 Å². The van der Waals surface area contributed by atoms with Gasteiger partial charge < -0.3 is 14.0 Å². The Morgan fingerprint density at radius 2 is 1.69 bits per heavy atom. The van der Waals surface area contributed by atoms with Gasteiger partial charge in [-0.15, -0.1) is 0 Å². The summed E-state index contributed by atoms with van der Waals surface area (Å²) >= 11 is 6.33. The first-order chi connectivity index (χ1) is 13.5. The van der Waals surface area contributed by atoms with E-state index in [1.165, 1.54) is 12.1 Å². The van der Waals surface area contributed by atoms with E-state index in [2.05, 4.69) is 4.72 Å². The Morgan fingerprint density at radius 3 is 2.31 bits per heavy atom. The van der Waals surface area contributed by atoms with E-state index in [4.69, 9.17) is 25.6 Å². The van der Waals surface area contributed by atoms with Crippen LogP contribution >= 0.6 is 11.6 Å². The molecule has 0 atom stereocenters. The summed E-state index contributed by atoms with van der Waals surface area (Å²) in [6, 6.07) is 11.7. The van der Waals surface area contributed by atoms with Crippen molar-refractivity contribution in [2.45, 2.75) is 50.3 Å². The van der Waals surface area contributed by atoms with Crippen molar-refractivity contribution in [2.75, 3.05) is 7.11 Å². The predicted octanol–water partition coefficient (Wildman–Crippen LogP) is 3.13. The van der Waals surface area contributed by atoms with E-state index in [0.29, 0.717) is 16.2 Å². The fourth-order valence-corrected chi connectivity index (χ4v) is 4.19. The Hall–Kier alpha value is -1.58. The van der Waals surface area contributed by atoms with Crippen molar-refractivity contribution in [1.82, 2.24) is 4.72 Å². The van der Waals surface area contributed by atoms with Gasteiger partial charge in [-0.2, -0.15) is 0 Å². The average Bonchev–Trinajstić information content (AvgIpc) is 2.87. The largest absolute Gasteiger partial charge is 0.496 e. The molecule has 1 fully saturated rings. The van der Waals surface area contributed by atoms with Crippen LogP contribution < -0.4 is 14.9 Å². The molecule has 156 valence electrons. The minimum Gasteiger partial charge on any atom is -0.496 e. The zero-order chi connectivity index (χ0) is 21.4. The first-order valence-corrected chi connectivity index (χ1v) is 11.1. The van der Waals surface area contributed by atoms with Crippen LogP contribution in [0.25, 0.3) is 0 Å². The summed E-state index contributed by atoms with van der Waals surface area (Å²) in [6.45, 7) is 7.81. The van der Waals surface area contributed by atoms with Crippen LogP contribution in [0.4, 0.5) is 0 Å². The Labute approximate surface area is 177 Å². The summed E-state index contributed by atoms with van der Waals surface area (Å²) in [5.41, 5.74) is 0.0971. The van der Waals surface area contributed by atoms with Crippen LogP contribution in [0.2, 0.25) is 5.02 Å². The molecule has 0 radical (unpaired) electrons. The first kappa shape index (κ1) is 22.1. The smallest absolute Gasteiger partial charge is 0.496 e. The highest BCUT2D eigenvalue weighted by Crippen LogP contribution is 2.37. The lowest BCUT2D eigenvalue weighted by Gasteiger charge is -2.32. The second-order valence-electron chi connectivity index (χ2n) is 7.91. The molecule has 2 aromatic carbocycles. The number of halogens is 1. The average molecular weight is 438 g/mol. The second kappa shape index (κ2) is 7.93. The van der Waals surface area contributed by atoms with Gasteiger partial charge in [-0.1, -0.05) is 29.8 Å². The van der Waals surface area contributed by atoms with E-state index in [-0.39, 0.29) is 11.4 Å². The van der Waals surface area contributed by atoms with Crippen LogP contribution in [0.15, 0.2) is 47.4 Å². The molecule has 0 saturated carbocycles. The topological polar surface area (TPSA) is 73.9 Å². The minimum absolute atomic E-state index is 0.0847. The number of ether oxygens (including phenoxy) is 1. The highest BCUT2D eigenvalue weighted by Gasteiger charge is 2.52. The first-order valence-electron chi connectivity index (χ1n) is 9.23. The minimum atomic E-state index is -3.79. The summed E-state index contributed by atoms with van der Waals surface area (Å²) in [7, 11) is -2.99. The van der Waals surface area contributed by atoms with Crippen LogP contribution in [0.5, 0.6) is 5.75 Å². The van der Waals surface area contributed by atoms with Gasteiger partial charge in [0.1, 0.15) is 5.75 Å². The zero-order valence-electron chi connectivity index (χ0n) is 17.2. The van der Waals surface area contributed by atoms with Gasteiger partial charge in [0.15, 0.2) is 0 Å². The highest BCUT2D eigenvalue weighted by molar-refractivity contribution is 7.89. The van der Waals surface area contributed by atoms with Crippen LogP contribution in [-0.2, 0) is 25.9 Å². The van der Waals surface area contributed by atoms with Crippen molar-refractivity contribution in [2.24, 2.45) is 0 Å². The molecule has 1 heterocycles. The molecule has 29 heavy (non-hydrogen) atoms.